The summed E-state index contributed by atoms with van der Waals surface area (Å²) in [6.07, 6.45) is -0.119. The van der Waals surface area contributed by atoms with Crippen LogP contribution in [0.25, 0.3) is 0 Å². The topological polar surface area (TPSA) is 64.1 Å². The Balaban J connectivity index is 1.48. The molecule has 6 nitrogen and oxygen atoms in total. The van der Waals surface area contributed by atoms with E-state index in [4.69, 9.17) is 14.2 Å². The minimum absolute atomic E-state index is 0.0455. The number of aliphatic imine (C=N–C) groups is 1. The lowest BCUT2D eigenvalue weighted by Crippen LogP contribution is -2.46. The van der Waals surface area contributed by atoms with Gasteiger partial charge in [-0.2, -0.15) is 0 Å². The Bertz CT molecular complexity index is 721. The minimum Gasteiger partial charge on any atom is -0.486 e. The molecule has 1 aliphatic rings. The Morgan fingerprint density at radius 1 is 1.12 bits per heavy atom. The molecule has 26 heavy (non-hydrogen) atoms. The Labute approximate surface area is 154 Å². The fourth-order valence-corrected chi connectivity index (χ4v) is 2.79. The van der Waals surface area contributed by atoms with Gasteiger partial charge in [-0.15, -0.1) is 0 Å². The van der Waals surface area contributed by atoms with E-state index in [1.807, 2.05) is 42.5 Å². The lowest BCUT2D eigenvalue weighted by molar-refractivity contribution is 0.0930. The van der Waals surface area contributed by atoms with Crippen molar-refractivity contribution in [3.8, 4) is 11.5 Å². The van der Waals surface area contributed by atoms with Crippen LogP contribution in [0.2, 0.25) is 0 Å². The number of hydrogen-bond acceptors (Lipinski definition) is 4. The fraction of sp³-hybridized carbons (Fsp3) is 0.350. The monoisotopic (exact) mass is 355 g/mol. The van der Waals surface area contributed by atoms with Crippen molar-refractivity contribution in [1.82, 2.24) is 10.6 Å². The number of rotatable bonds is 6. The standard InChI is InChI=1S/C20H25N3O3/c1-21-20(23-13-19(24-2)15-8-4-3-5-9-15)22-12-16-14-25-17-10-6-7-11-18(17)26-16/h3-11,16,19H,12-14H2,1-2H3,(H2,21,22,23). The highest BCUT2D eigenvalue weighted by atomic mass is 16.6. The third kappa shape index (κ3) is 4.67. The fourth-order valence-electron chi connectivity index (χ4n) is 2.79. The maximum absolute atomic E-state index is 5.95. The number of hydrogen-bond donors (Lipinski definition) is 2. The molecule has 0 saturated carbocycles. The maximum atomic E-state index is 5.95. The second-order valence-electron chi connectivity index (χ2n) is 5.97. The van der Waals surface area contributed by atoms with Gasteiger partial charge in [0.1, 0.15) is 12.7 Å². The highest BCUT2D eigenvalue weighted by Crippen LogP contribution is 2.30. The van der Waals surface area contributed by atoms with Gasteiger partial charge in [-0.1, -0.05) is 42.5 Å². The van der Waals surface area contributed by atoms with Crippen molar-refractivity contribution < 1.29 is 14.2 Å². The van der Waals surface area contributed by atoms with Gasteiger partial charge in [-0.25, -0.2) is 0 Å². The SMILES string of the molecule is CN=C(NCC1COc2ccccc2O1)NCC(OC)c1ccccc1. The van der Waals surface area contributed by atoms with Gasteiger partial charge in [0, 0.05) is 20.7 Å². The summed E-state index contributed by atoms with van der Waals surface area (Å²) in [6.45, 7) is 1.72. The zero-order valence-corrected chi connectivity index (χ0v) is 15.1. The summed E-state index contributed by atoms with van der Waals surface area (Å²) in [5.41, 5.74) is 1.12. The van der Waals surface area contributed by atoms with Crippen LogP contribution in [-0.4, -0.2) is 45.9 Å². The molecule has 0 bridgehead atoms. The van der Waals surface area contributed by atoms with Gasteiger partial charge in [0.05, 0.1) is 12.6 Å². The number of benzene rings is 2. The van der Waals surface area contributed by atoms with Crippen molar-refractivity contribution in [3.63, 3.8) is 0 Å². The summed E-state index contributed by atoms with van der Waals surface area (Å²) < 4.78 is 17.3. The molecule has 1 aliphatic heterocycles. The average molecular weight is 355 g/mol. The number of nitrogens with one attached hydrogen (secondary N) is 2. The van der Waals surface area contributed by atoms with E-state index in [1.165, 1.54) is 0 Å². The molecule has 2 aromatic carbocycles. The van der Waals surface area contributed by atoms with Gasteiger partial charge in [0.25, 0.3) is 0 Å². The molecule has 0 spiro atoms. The van der Waals surface area contributed by atoms with Crippen molar-refractivity contribution in [2.24, 2.45) is 4.99 Å². The molecule has 2 N–H and O–H groups in total. The first-order chi connectivity index (χ1) is 12.8. The molecule has 0 fully saturated rings. The molecule has 0 aromatic heterocycles. The Morgan fingerprint density at radius 2 is 1.85 bits per heavy atom. The average Bonchev–Trinajstić information content (AvgIpc) is 2.71. The van der Waals surface area contributed by atoms with Crippen molar-refractivity contribution in [2.75, 3.05) is 33.9 Å². The largest absolute Gasteiger partial charge is 0.486 e. The van der Waals surface area contributed by atoms with Gasteiger partial charge < -0.3 is 24.8 Å². The van der Waals surface area contributed by atoms with Crippen LogP contribution in [0.1, 0.15) is 11.7 Å². The van der Waals surface area contributed by atoms with Crippen LogP contribution >= 0.6 is 0 Å². The van der Waals surface area contributed by atoms with E-state index >= 15 is 0 Å². The van der Waals surface area contributed by atoms with Crippen molar-refractivity contribution >= 4 is 5.96 Å². The molecule has 3 rings (SSSR count). The molecule has 0 aliphatic carbocycles. The molecule has 2 atom stereocenters. The minimum atomic E-state index is -0.0733. The van der Waals surface area contributed by atoms with E-state index in [0.717, 1.165) is 17.1 Å². The lowest BCUT2D eigenvalue weighted by atomic mass is 10.1. The van der Waals surface area contributed by atoms with Crippen molar-refractivity contribution in [3.05, 3.63) is 60.2 Å². The molecular weight excluding hydrogens is 330 g/mol. The molecule has 6 heteroatoms. The van der Waals surface area contributed by atoms with Crippen LogP contribution in [0.4, 0.5) is 0 Å². The summed E-state index contributed by atoms with van der Waals surface area (Å²) in [7, 11) is 3.45. The van der Waals surface area contributed by atoms with Gasteiger partial charge in [0.2, 0.25) is 0 Å². The summed E-state index contributed by atoms with van der Waals surface area (Å²) in [6, 6.07) is 17.8. The zero-order chi connectivity index (χ0) is 18.2. The van der Waals surface area contributed by atoms with Crippen LogP contribution in [0.3, 0.4) is 0 Å². The number of fused-ring (bicyclic) bond motifs is 1. The van der Waals surface area contributed by atoms with Crippen LogP contribution in [0, 0.1) is 0 Å². The molecule has 138 valence electrons. The van der Waals surface area contributed by atoms with Gasteiger partial charge in [-0.3, -0.25) is 4.99 Å². The highest BCUT2D eigenvalue weighted by Gasteiger charge is 2.20. The molecule has 2 unspecified atom stereocenters. The summed E-state index contributed by atoms with van der Waals surface area (Å²) >= 11 is 0. The highest BCUT2D eigenvalue weighted by molar-refractivity contribution is 5.79. The van der Waals surface area contributed by atoms with E-state index in [9.17, 15) is 0 Å². The van der Waals surface area contributed by atoms with Crippen LogP contribution in [0.5, 0.6) is 11.5 Å². The van der Waals surface area contributed by atoms with Crippen LogP contribution in [-0.2, 0) is 4.74 Å². The van der Waals surface area contributed by atoms with E-state index in [-0.39, 0.29) is 12.2 Å². The first-order valence-corrected chi connectivity index (χ1v) is 8.71. The second-order valence-corrected chi connectivity index (χ2v) is 5.97. The van der Waals surface area contributed by atoms with Crippen molar-refractivity contribution in [1.29, 1.82) is 0 Å². The Kier molecular flexibility index (Phi) is 6.33. The zero-order valence-electron chi connectivity index (χ0n) is 15.1. The first-order valence-electron chi connectivity index (χ1n) is 8.71. The quantitative estimate of drug-likeness (QED) is 0.615. The third-order valence-electron chi connectivity index (χ3n) is 4.20. The van der Waals surface area contributed by atoms with E-state index in [0.29, 0.717) is 25.7 Å². The predicted octanol–water partition coefficient (Wildman–Crippen LogP) is 2.38. The summed E-state index contributed by atoms with van der Waals surface area (Å²) in [5.74, 6) is 2.26. The maximum Gasteiger partial charge on any atom is 0.191 e. The number of para-hydroxylation sites is 2. The molecule has 1 heterocycles. The molecule has 0 amide bonds. The van der Waals surface area contributed by atoms with Gasteiger partial charge >= 0.3 is 0 Å². The predicted molar refractivity (Wildman–Crippen MR) is 102 cm³/mol. The molecule has 2 aromatic rings. The summed E-state index contributed by atoms with van der Waals surface area (Å²) in [5, 5.41) is 6.57. The Morgan fingerprint density at radius 3 is 2.58 bits per heavy atom. The third-order valence-corrected chi connectivity index (χ3v) is 4.20. The van der Waals surface area contributed by atoms with Crippen LogP contribution < -0.4 is 20.1 Å². The number of ether oxygens (including phenoxy) is 3. The van der Waals surface area contributed by atoms with Crippen LogP contribution in [0.15, 0.2) is 59.6 Å². The van der Waals surface area contributed by atoms with Gasteiger partial charge in [0.15, 0.2) is 17.5 Å². The lowest BCUT2D eigenvalue weighted by Gasteiger charge is -2.27. The smallest absolute Gasteiger partial charge is 0.191 e. The molecular formula is C20H25N3O3. The first kappa shape index (κ1) is 18.1. The van der Waals surface area contributed by atoms with E-state index < -0.39 is 0 Å². The number of nitrogens with zero attached hydrogens (tertiary/aromatic N) is 1. The van der Waals surface area contributed by atoms with E-state index in [1.54, 1.807) is 14.2 Å². The van der Waals surface area contributed by atoms with Gasteiger partial charge in [-0.05, 0) is 17.7 Å². The second kappa shape index (κ2) is 9.10. The number of methoxy groups -OCH3 is 1. The number of guanidine groups is 1. The van der Waals surface area contributed by atoms with Crippen molar-refractivity contribution in [2.45, 2.75) is 12.2 Å². The normalized spacial score (nSPS) is 17.5. The molecule has 0 saturated heterocycles. The molecule has 0 radical (unpaired) electrons. The van der Waals surface area contributed by atoms with E-state index in [2.05, 4.69) is 27.8 Å². The summed E-state index contributed by atoms with van der Waals surface area (Å²) in [4.78, 5) is 4.26. The Hall–Kier alpha value is -2.73.